The van der Waals surface area contributed by atoms with E-state index in [4.69, 9.17) is 27.9 Å². The molecule has 0 aliphatic heterocycles. The highest BCUT2D eigenvalue weighted by Gasteiger charge is 2.16. The number of aromatic nitrogens is 4. The van der Waals surface area contributed by atoms with Crippen molar-refractivity contribution in [3.63, 3.8) is 0 Å². The Labute approximate surface area is 178 Å². The fourth-order valence-corrected chi connectivity index (χ4v) is 3.15. The number of rotatable bonds is 8. The van der Waals surface area contributed by atoms with Crippen LogP contribution in [0.5, 0.6) is 0 Å². The zero-order chi connectivity index (χ0) is 20.8. The third-order valence-electron chi connectivity index (χ3n) is 4.34. The van der Waals surface area contributed by atoms with E-state index in [0.29, 0.717) is 22.9 Å². The lowest BCUT2D eigenvalue weighted by Gasteiger charge is -2.18. The maximum Gasteiger partial charge on any atom is 0.253 e. The van der Waals surface area contributed by atoms with E-state index < -0.39 is 0 Å². The van der Waals surface area contributed by atoms with E-state index in [-0.39, 0.29) is 23.6 Å². The molecule has 0 aliphatic carbocycles. The fraction of sp³-hybridized carbons (Fsp3) is 0.263. The third kappa shape index (κ3) is 5.23. The molecule has 2 heterocycles. The van der Waals surface area contributed by atoms with Crippen LogP contribution in [0, 0.1) is 0 Å². The summed E-state index contributed by atoms with van der Waals surface area (Å²) in [6.45, 7) is 0.693. The van der Waals surface area contributed by atoms with Crippen molar-refractivity contribution in [2.45, 2.75) is 12.6 Å². The van der Waals surface area contributed by atoms with Crippen molar-refractivity contribution in [2.24, 2.45) is 7.05 Å². The van der Waals surface area contributed by atoms with Crippen molar-refractivity contribution in [1.29, 1.82) is 0 Å². The van der Waals surface area contributed by atoms with Crippen LogP contribution in [0.3, 0.4) is 0 Å². The first kappa shape index (κ1) is 21.0. The lowest BCUT2D eigenvalue weighted by Crippen LogP contribution is -2.24. The minimum absolute atomic E-state index is 0.255. The van der Waals surface area contributed by atoms with E-state index in [0.717, 1.165) is 11.3 Å². The maximum absolute atomic E-state index is 12.5. The SMILES string of the molecule is COC(CNc1cc(C(=O)NCc2cnnn2C)c(Cl)cn1)c1ccccc1Cl. The molecule has 3 aromatic rings. The number of pyridine rings is 1. The van der Waals surface area contributed by atoms with Crippen LogP contribution in [-0.2, 0) is 18.3 Å². The number of aryl methyl sites for hydroxylation is 1. The summed E-state index contributed by atoms with van der Waals surface area (Å²) in [4.78, 5) is 16.8. The monoisotopic (exact) mass is 434 g/mol. The van der Waals surface area contributed by atoms with Crippen molar-refractivity contribution >= 4 is 34.9 Å². The Morgan fingerprint density at radius 2 is 2.03 bits per heavy atom. The Balaban J connectivity index is 1.67. The number of nitrogens with one attached hydrogen (secondary N) is 2. The fourth-order valence-electron chi connectivity index (χ4n) is 2.70. The quantitative estimate of drug-likeness (QED) is 0.564. The summed E-state index contributed by atoms with van der Waals surface area (Å²) in [5.74, 6) is 0.173. The summed E-state index contributed by atoms with van der Waals surface area (Å²) < 4.78 is 7.12. The van der Waals surface area contributed by atoms with Crippen LogP contribution >= 0.6 is 23.2 Å². The molecule has 8 nitrogen and oxygen atoms in total. The number of nitrogens with zero attached hydrogens (tertiary/aromatic N) is 4. The normalized spacial score (nSPS) is 11.9. The molecule has 2 N–H and O–H groups in total. The van der Waals surface area contributed by atoms with E-state index >= 15 is 0 Å². The molecule has 10 heteroatoms. The highest BCUT2D eigenvalue weighted by atomic mass is 35.5. The number of ether oxygens (including phenoxy) is 1. The second-order valence-electron chi connectivity index (χ2n) is 6.21. The minimum atomic E-state index is -0.323. The Morgan fingerprint density at radius 1 is 1.24 bits per heavy atom. The van der Waals surface area contributed by atoms with Crippen LogP contribution in [0.2, 0.25) is 10.0 Å². The predicted octanol–water partition coefficient (Wildman–Crippen LogP) is 3.25. The number of amides is 1. The summed E-state index contributed by atoms with van der Waals surface area (Å²) in [6, 6.07) is 9.06. The second-order valence-corrected chi connectivity index (χ2v) is 7.02. The molecule has 1 unspecified atom stereocenters. The van der Waals surface area contributed by atoms with Crippen LogP contribution in [-0.4, -0.2) is 39.5 Å². The van der Waals surface area contributed by atoms with Gasteiger partial charge in [-0.05, 0) is 12.1 Å². The highest BCUT2D eigenvalue weighted by molar-refractivity contribution is 6.33. The van der Waals surface area contributed by atoms with E-state index in [1.165, 1.54) is 6.20 Å². The molecule has 1 atom stereocenters. The second kappa shape index (κ2) is 9.69. The van der Waals surface area contributed by atoms with Gasteiger partial charge < -0.3 is 15.4 Å². The van der Waals surface area contributed by atoms with Crippen molar-refractivity contribution in [3.05, 3.63) is 69.6 Å². The first-order valence-corrected chi connectivity index (χ1v) is 9.53. The number of hydrogen-bond donors (Lipinski definition) is 2. The molecule has 0 saturated heterocycles. The zero-order valence-corrected chi connectivity index (χ0v) is 17.4. The van der Waals surface area contributed by atoms with E-state index in [9.17, 15) is 4.79 Å². The van der Waals surface area contributed by atoms with Gasteiger partial charge in [0.25, 0.3) is 5.91 Å². The largest absolute Gasteiger partial charge is 0.375 e. The number of methoxy groups -OCH3 is 1. The molecule has 3 rings (SSSR count). The Morgan fingerprint density at radius 3 is 2.72 bits per heavy atom. The molecule has 2 aromatic heterocycles. The Bertz CT molecular complexity index is 994. The van der Waals surface area contributed by atoms with Gasteiger partial charge in [0.1, 0.15) is 11.9 Å². The third-order valence-corrected chi connectivity index (χ3v) is 4.99. The smallest absolute Gasteiger partial charge is 0.253 e. The Kier molecular flexibility index (Phi) is 7.03. The molecule has 0 spiro atoms. The zero-order valence-electron chi connectivity index (χ0n) is 15.9. The molecular weight excluding hydrogens is 415 g/mol. The van der Waals surface area contributed by atoms with Gasteiger partial charge >= 0.3 is 0 Å². The Hall–Kier alpha value is -2.68. The lowest BCUT2D eigenvalue weighted by molar-refractivity contribution is 0.0950. The van der Waals surface area contributed by atoms with Crippen molar-refractivity contribution < 1.29 is 9.53 Å². The number of anilines is 1. The van der Waals surface area contributed by atoms with E-state index in [1.54, 1.807) is 31.1 Å². The molecule has 1 aromatic carbocycles. The maximum atomic E-state index is 12.5. The molecule has 0 saturated carbocycles. The molecule has 0 fully saturated rings. The standard InChI is InChI=1S/C19H20Cl2N6O2/c1-27-12(9-25-26-27)8-24-19(28)14-7-18(22-10-16(14)21)23-11-17(29-2)13-5-3-4-6-15(13)20/h3-7,9-10,17H,8,11H2,1-2H3,(H,22,23)(H,24,28). The average molecular weight is 435 g/mol. The van der Waals surface area contributed by atoms with E-state index in [1.807, 2.05) is 24.3 Å². The molecule has 152 valence electrons. The van der Waals surface area contributed by atoms with Crippen molar-refractivity contribution in [2.75, 3.05) is 19.0 Å². The van der Waals surface area contributed by atoms with E-state index in [2.05, 4.69) is 25.9 Å². The molecule has 29 heavy (non-hydrogen) atoms. The van der Waals surface area contributed by atoms with Crippen LogP contribution in [0.15, 0.2) is 42.7 Å². The summed E-state index contributed by atoms with van der Waals surface area (Å²) >= 11 is 12.4. The van der Waals surface area contributed by atoms with Crippen molar-refractivity contribution in [3.8, 4) is 0 Å². The van der Waals surface area contributed by atoms with Crippen LogP contribution in [0.1, 0.15) is 27.7 Å². The van der Waals surface area contributed by atoms with Gasteiger partial charge in [-0.3, -0.25) is 9.48 Å². The first-order chi connectivity index (χ1) is 14.0. The topological polar surface area (TPSA) is 94.0 Å². The van der Waals surface area contributed by atoms with Gasteiger partial charge in [-0.1, -0.05) is 46.6 Å². The molecule has 0 aliphatic rings. The van der Waals surface area contributed by atoms with Gasteiger partial charge in [0, 0.05) is 37.5 Å². The number of hydrogen-bond acceptors (Lipinski definition) is 6. The summed E-state index contributed by atoms with van der Waals surface area (Å²) in [5, 5.41) is 14.4. The van der Waals surface area contributed by atoms with Gasteiger partial charge in [-0.15, -0.1) is 5.10 Å². The van der Waals surface area contributed by atoms with Gasteiger partial charge in [-0.2, -0.15) is 0 Å². The van der Waals surface area contributed by atoms with Crippen LogP contribution < -0.4 is 10.6 Å². The van der Waals surface area contributed by atoms with Gasteiger partial charge in [0.05, 0.1) is 29.0 Å². The summed E-state index contributed by atoms with van der Waals surface area (Å²) in [6.07, 6.45) is 2.73. The molecule has 0 radical (unpaired) electrons. The molecule has 0 bridgehead atoms. The first-order valence-electron chi connectivity index (χ1n) is 8.78. The van der Waals surface area contributed by atoms with Crippen LogP contribution in [0.4, 0.5) is 5.82 Å². The summed E-state index contributed by atoms with van der Waals surface area (Å²) in [5.41, 5.74) is 1.94. The number of carbonyl (C=O) groups is 1. The summed E-state index contributed by atoms with van der Waals surface area (Å²) in [7, 11) is 3.36. The van der Waals surface area contributed by atoms with Gasteiger partial charge in [0.2, 0.25) is 0 Å². The predicted molar refractivity (Wildman–Crippen MR) is 111 cm³/mol. The molecular formula is C19H20Cl2N6O2. The van der Waals surface area contributed by atoms with Gasteiger partial charge in [0.15, 0.2) is 0 Å². The van der Waals surface area contributed by atoms with Crippen molar-refractivity contribution in [1.82, 2.24) is 25.3 Å². The number of halogens is 2. The highest BCUT2D eigenvalue weighted by Crippen LogP contribution is 2.26. The van der Waals surface area contributed by atoms with Crippen LogP contribution in [0.25, 0.3) is 0 Å². The number of benzene rings is 1. The lowest BCUT2D eigenvalue weighted by atomic mass is 10.1. The average Bonchev–Trinajstić information content (AvgIpc) is 3.13. The van der Waals surface area contributed by atoms with Gasteiger partial charge in [-0.25, -0.2) is 4.98 Å². The molecule has 1 amide bonds. The number of carbonyl (C=O) groups excluding carboxylic acids is 1. The minimum Gasteiger partial charge on any atom is -0.375 e.